The molecule has 2 aromatic heterocycles. The molecule has 0 bridgehead atoms. The Hall–Kier alpha value is -3.05. The maximum atomic E-state index is 5.83. The summed E-state index contributed by atoms with van der Waals surface area (Å²) in [7, 11) is 1.75. The summed E-state index contributed by atoms with van der Waals surface area (Å²) in [5.41, 5.74) is 5.86. The number of pyridine rings is 1. The average Bonchev–Trinajstić information content (AvgIpc) is 3.54. The first-order valence-electron chi connectivity index (χ1n) is 16.0. The van der Waals surface area contributed by atoms with Gasteiger partial charge in [-0.15, -0.1) is 0 Å². The molecule has 0 aliphatic heterocycles. The van der Waals surface area contributed by atoms with Crippen LogP contribution in [0.2, 0.25) is 0 Å². The van der Waals surface area contributed by atoms with Gasteiger partial charge in [0, 0.05) is 0 Å². The van der Waals surface area contributed by atoms with E-state index in [4.69, 9.17) is 9.84 Å². The van der Waals surface area contributed by atoms with Crippen molar-refractivity contribution in [3.63, 3.8) is 0 Å². The van der Waals surface area contributed by atoms with Gasteiger partial charge >= 0.3 is 258 Å². The third-order valence-electron chi connectivity index (χ3n) is 8.83. The molecule has 0 saturated heterocycles. The maximum absolute atomic E-state index is 5.83. The van der Waals surface area contributed by atoms with E-state index in [-0.39, 0.29) is 0 Å². The van der Waals surface area contributed by atoms with Crippen LogP contribution in [0, 0.1) is 0 Å². The van der Waals surface area contributed by atoms with E-state index < -0.39 is 18.4 Å². The van der Waals surface area contributed by atoms with Crippen LogP contribution in [0.5, 0.6) is 5.75 Å². The van der Waals surface area contributed by atoms with Crippen LogP contribution in [0.15, 0.2) is 97.2 Å². The Labute approximate surface area is 256 Å². The summed E-state index contributed by atoms with van der Waals surface area (Å²) in [4.78, 5) is 0. The molecule has 3 aromatic carbocycles. The van der Waals surface area contributed by atoms with Gasteiger partial charge in [0.05, 0.1) is 0 Å². The Balaban J connectivity index is 1.96. The van der Waals surface area contributed by atoms with Gasteiger partial charge in [-0.3, -0.25) is 0 Å². The first-order valence-corrected chi connectivity index (χ1v) is 21.7. The van der Waals surface area contributed by atoms with E-state index in [1.807, 2.05) is 6.20 Å². The summed E-state index contributed by atoms with van der Waals surface area (Å²) in [5, 5.41) is 4.98. The standard InChI is InChI=1S/C18H29.C8H7N2O.2C6H5.Sn/c1-4-7-11-16-13-10-14-17(12-8-5-2)18(16)15-9-6-3;1-11-8-3-2-6-10-7(8)4-5-9-10;2*1-2-4-6-5-3-1;/h10,13H,4-9,11-12,15H2,1-3H3;2-5H,1H3;2*1-5H;. The van der Waals surface area contributed by atoms with Crippen molar-refractivity contribution in [1.29, 1.82) is 0 Å². The number of ether oxygens (including phenoxy) is 1. The number of aryl methyl sites for hydroxylation is 1. The summed E-state index contributed by atoms with van der Waals surface area (Å²) in [6.45, 7) is 6.96. The predicted molar refractivity (Wildman–Crippen MR) is 181 cm³/mol. The number of benzene rings is 3. The van der Waals surface area contributed by atoms with Crippen molar-refractivity contribution in [3.8, 4) is 5.75 Å². The summed E-state index contributed by atoms with van der Waals surface area (Å²) in [5.74, 6) is 0.863. The van der Waals surface area contributed by atoms with Crippen LogP contribution >= 0.6 is 0 Å². The molecule has 0 aliphatic carbocycles. The van der Waals surface area contributed by atoms with E-state index in [1.165, 1.54) is 55.8 Å². The molecule has 3 nitrogen and oxygen atoms in total. The first-order chi connectivity index (χ1) is 20.7. The number of rotatable bonds is 14. The van der Waals surface area contributed by atoms with Gasteiger partial charge in [-0.25, -0.2) is 0 Å². The Morgan fingerprint density at radius 2 is 1.24 bits per heavy atom. The molecular weight excluding hydrogens is 619 g/mol. The topological polar surface area (TPSA) is 26.5 Å². The van der Waals surface area contributed by atoms with Gasteiger partial charge < -0.3 is 0 Å². The van der Waals surface area contributed by atoms with Gasteiger partial charge in [0.1, 0.15) is 0 Å². The van der Waals surface area contributed by atoms with Gasteiger partial charge in [0.15, 0.2) is 0 Å². The average molecular weight is 666 g/mol. The molecule has 42 heavy (non-hydrogen) atoms. The van der Waals surface area contributed by atoms with Crippen LogP contribution in [-0.2, 0) is 19.3 Å². The normalized spacial score (nSPS) is 11.7. The number of hydrogen-bond acceptors (Lipinski definition) is 2. The summed E-state index contributed by atoms with van der Waals surface area (Å²) in [6, 6.07) is 34.4. The van der Waals surface area contributed by atoms with Crippen molar-refractivity contribution in [2.45, 2.75) is 78.6 Å². The number of fused-ring (bicyclic) bond motifs is 1. The van der Waals surface area contributed by atoms with E-state index in [2.05, 4.69) is 116 Å². The number of hydrogen-bond donors (Lipinski definition) is 0. The zero-order valence-electron chi connectivity index (χ0n) is 25.9. The van der Waals surface area contributed by atoms with Gasteiger partial charge in [-0.2, -0.15) is 0 Å². The van der Waals surface area contributed by atoms with E-state index in [0.29, 0.717) is 0 Å². The van der Waals surface area contributed by atoms with Crippen molar-refractivity contribution in [2.24, 2.45) is 0 Å². The molecule has 0 radical (unpaired) electrons. The molecule has 218 valence electrons. The molecule has 0 fully saturated rings. The van der Waals surface area contributed by atoms with Crippen LogP contribution in [0.1, 0.15) is 76.0 Å². The fourth-order valence-corrected chi connectivity index (χ4v) is 21.3. The van der Waals surface area contributed by atoms with Crippen LogP contribution in [0.3, 0.4) is 0 Å². The van der Waals surface area contributed by atoms with Crippen molar-refractivity contribution in [1.82, 2.24) is 9.61 Å². The number of unbranched alkanes of at least 4 members (excludes halogenated alkanes) is 3. The quantitative estimate of drug-likeness (QED) is 0.123. The van der Waals surface area contributed by atoms with Gasteiger partial charge in [-0.1, -0.05) is 0 Å². The number of aromatic nitrogens is 2. The Morgan fingerprint density at radius 3 is 1.83 bits per heavy atom. The second-order valence-corrected chi connectivity index (χ2v) is 22.0. The minimum absolute atomic E-state index is 0.863. The molecule has 0 amide bonds. The van der Waals surface area contributed by atoms with Crippen molar-refractivity contribution < 1.29 is 4.74 Å². The Morgan fingerprint density at radius 1 is 0.643 bits per heavy atom. The molecule has 0 saturated carbocycles. The van der Waals surface area contributed by atoms with Gasteiger partial charge in [0.25, 0.3) is 0 Å². The summed E-state index contributed by atoms with van der Waals surface area (Å²) >= 11 is -4.00. The van der Waals surface area contributed by atoms with Gasteiger partial charge in [0.2, 0.25) is 0 Å². The summed E-state index contributed by atoms with van der Waals surface area (Å²) < 4.78 is 13.9. The Bertz CT molecular complexity index is 1540. The fourth-order valence-electron chi connectivity index (χ4n) is 6.74. The minimum atomic E-state index is -4.00. The summed E-state index contributed by atoms with van der Waals surface area (Å²) in [6.07, 6.45) is 12.7. The van der Waals surface area contributed by atoms with Crippen LogP contribution < -0.4 is 19.2 Å². The third-order valence-corrected chi connectivity index (χ3v) is 22.6. The fraction of sp³-hybridized carbons (Fsp3) is 0.342. The Kier molecular flexibility index (Phi) is 10.4. The van der Waals surface area contributed by atoms with Crippen LogP contribution in [-0.4, -0.2) is 35.1 Å². The van der Waals surface area contributed by atoms with E-state index in [1.54, 1.807) is 27.4 Å². The van der Waals surface area contributed by atoms with Crippen LogP contribution in [0.4, 0.5) is 0 Å². The second kappa shape index (κ2) is 14.4. The molecular formula is C38H46N2OSn. The monoisotopic (exact) mass is 666 g/mol. The molecule has 5 aromatic rings. The van der Waals surface area contributed by atoms with E-state index in [9.17, 15) is 0 Å². The molecule has 0 unspecified atom stereocenters. The predicted octanol–water partition coefficient (Wildman–Crippen LogP) is 6.75. The SMILES string of the molecule is CCCCc1cc[c]([Sn]([c]2ccccc2)([c]2ccccc2)[c]2ccc(OC)c3ccnn23)c(CCCC)c1CCCC. The first kappa shape index (κ1) is 30.4. The van der Waals surface area contributed by atoms with E-state index >= 15 is 0 Å². The zero-order chi connectivity index (χ0) is 29.4. The molecule has 0 aliphatic rings. The molecule has 0 atom stereocenters. The number of nitrogens with zero attached hydrogens (tertiary/aromatic N) is 2. The zero-order valence-corrected chi connectivity index (χ0v) is 28.8. The molecule has 0 spiro atoms. The van der Waals surface area contributed by atoms with Crippen molar-refractivity contribution in [3.05, 3.63) is 114 Å². The van der Waals surface area contributed by atoms with Crippen LogP contribution in [0.25, 0.3) is 5.52 Å². The molecule has 2 heterocycles. The molecule has 0 N–H and O–H groups in total. The van der Waals surface area contributed by atoms with Crippen molar-refractivity contribution in [2.75, 3.05) is 7.11 Å². The third kappa shape index (κ3) is 5.77. The van der Waals surface area contributed by atoms with E-state index in [0.717, 1.165) is 24.1 Å². The van der Waals surface area contributed by atoms with Gasteiger partial charge in [-0.05, 0) is 0 Å². The van der Waals surface area contributed by atoms with Crippen molar-refractivity contribution >= 4 is 38.3 Å². The molecule has 5 rings (SSSR count). The second-order valence-electron chi connectivity index (χ2n) is 11.4. The number of methoxy groups -OCH3 is 1. The molecule has 4 heteroatoms.